The van der Waals surface area contributed by atoms with Gasteiger partial charge in [-0.2, -0.15) is 13.2 Å². The molecule has 1 atom stereocenters. The van der Waals surface area contributed by atoms with E-state index in [1.54, 1.807) is 24.3 Å². The topological polar surface area (TPSA) is 76.0 Å². The highest BCUT2D eigenvalue weighted by Gasteiger charge is 2.32. The molecule has 1 unspecified atom stereocenters. The number of pyridine rings is 1. The van der Waals surface area contributed by atoms with Gasteiger partial charge in [-0.3, -0.25) is 15.0 Å². The number of alkyl halides is 3. The zero-order valence-electron chi connectivity index (χ0n) is 13.1. The molecule has 0 saturated carbocycles. The summed E-state index contributed by atoms with van der Waals surface area (Å²) in [6.07, 6.45) is -0.473. The summed E-state index contributed by atoms with van der Waals surface area (Å²) >= 11 is -1.94. The maximum Gasteiger partial charge on any atom is 0.433 e. The second kappa shape index (κ2) is 7.30. The normalized spacial score (nSPS) is 12.8. The lowest BCUT2D eigenvalue weighted by Gasteiger charge is -2.10. The van der Waals surface area contributed by atoms with Crippen molar-refractivity contribution in [1.29, 1.82) is 0 Å². The molecule has 0 amide bonds. The standard InChI is InChI=1S/C17H12F3N3O2S/c18-17(19,20)14-6-5-13(9-23-14)16-15(21-7-8-22-16)12-3-1-11(2-4-12)10-26(24)25/h1-9H,10H2,(H,24,25). The number of nitrogens with zero attached hydrogens (tertiary/aromatic N) is 3. The molecular weight excluding hydrogens is 367 g/mol. The van der Waals surface area contributed by atoms with Crippen LogP contribution in [0.3, 0.4) is 0 Å². The van der Waals surface area contributed by atoms with Gasteiger partial charge in [0, 0.05) is 29.7 Å². The first-order valence-corrected chi connectivity index (χ1v) is 8.63. The van der Waals surface area contributed by atoms with Gasteiger partial charge in [0.05, 0.1) is 17.1 Å². The third-order valence-electron chi connectivity index (χ3n) is 3.54. The summed E-state index contributed by atoms with van der Waals surface area (Å²) < 4.78 is 57.8. The molecule has 0 spiro atoms. The van der Waals surface area contributed by atoms with Crippen LogP contribution in [0.4, 0.5) is 13.2 Å². The average Bonchev–Trinajstić information content (AvgIpc) is 2.61. The van der Waals surface area contributed by atoms with Crippen LogP contribution in [0, 0.1) is 0 Å². The van der Waals surface area contributed by atoms with E-state index in [4.69, 9.17) is 4.55 Å². The second-order valence-electron chi connectivity index (χ2n) is 5.35. The van der Waals surface area contributed by atoms with Gasteiger partial charge in [0.25, 0.3) is 0 Å². The van der Waals surface area contributed by atoms with Crippen molar-refractivity contribution in [3.8, 4) is 22.5 Å². The summed E-state index contributed by atoms with van der Waals surface area (Å²) in [4.78, 5) is 11.9. The largest absolute Gasteiger partial charge is 0.433 e. The number of hydrogen-bond acceptors (Lipinski definition) is 4. The van der Waals surface area contributed by atoms with Gasteiger partial charge in [0.1, 0.15) is 5.69 Å². The Labute approximate surface area is 149 Å². The van der Waals surface area contributed by atoms with Crippen molar-refractivity contribution in [2.45, 2.75) is 11.9 Å². The van der Waals surface area contributed by atoms with Gasteiger partial charge >= 0.3 is 6.18 Å². The van der Waals surface area contributed by atoms with Gasteiger partial charge in [-0.15, -0.1) is 0 Å². The molecule has 3 rings (SSSR count). The van der Waals surface area contributed by atoms with Crippen LogP contribution in [0.2, 0.25) is 0 Å². The minimum absolute atomic E-state index is 0.0103. The molecule has 0 fully saturated rings. The molecule has 3 aromatic rings. The van der Waals surface area contributed by atoms with Crippen LogP contribution in [-0.4, -0.2) is 23.7 Å². The molecule has 0 saturated heterocycles. The maximum absolute atomic E-state index is 12.7. The quantitative estimate of drug-likeness (QED) is 0.695. The number of hydrogen-bond donors (Lipinski definition) is 1. The summed E-state index contributed by atoms with van der Waals surface area (Å²) in [6.45, 7) is 0. The summed E-state index contributed by atoms with van der Waals surface area (Å²) in [7, 11) is 0. The lowest BCUT2D eigenvalue weighted by molar-refractivity contribution is -0.141. The Kier molecular flexibility index (Phi) is 5.10. The molecule has 0 aliphatic rings. The zero-order chi connectivity index (χ0) is 18.7. The zero-order valence-corrected chi connectivity index (χ0v) is 14.0. The van der Waals surface area contributed by atoms with E-state index in [1.807, 2.05) is 0 Å². The summed E-state index contributed by atoms with van der Waals surface area (Å²) in [5.41, 5.74) is 1.66. The first-order valence-electron chi connectivity index (χ1n) is 7.36. The van der Waals surface area contributed by atoms with E-state index in [9.17, 15) is 17.4 Å². The van der Waals surface area contributed by atoms with Gasteiger partial charge in [-0.25, -0.2) is 4.21 Å². The first-order chi connectivity index (χ1) is 12.3. The number of aromatic nitrogens is 3. The Bertz CT molecular complexity index is 929. The molecule has 0 bridgehead atoms. The minimum atomic E-state index is -4.51. The van der Waals surface area contributed by atoms with Crippen LogP contribution in [0.25, 0.3) is 22.5 Å². The summed E-state index contributed by atoms with van der Waals surface area (Å²) in [5.74, 6) is 0.0103. The fourth-order valence-corrected chi connectivity index (χ4v) is 2.84. The van der Waals surface area contributed by atoms with Crippen LogP contribution in [0.1, 0.15) is 11.3 Å². The predicted octanol–water partition coefficient (Wildman–Crippen LogP) is 3.95. The first kappa shape index (κ1) is 18.2. The van der Waals surface area contributed by atoms with Crippen LogP contribution < -0.4 is 0 Å². The molecule has 1 N–H and O–H groups in total. The Morgan fingerprint density at radius 3 is 1.96 bits per heavy atom. The maximum atomic E-state index is 12.7. The fourth-order valence-electron chi connectivity index (χ4n) is 2.36. The molecule has 26 heavy (non-hydrogen) atoms. The highest BCUT2D eigenvalue weighted by atomic mass is 32.2. The smallest absolute Gasteiger partial charge is 0.306 e. The van der Waals surface area contributed by atoms with E-state index in [-0.39, 0.29) is 5.75 Å². The van der Waals surface area contributed by atoms with Crippen molar-refractivity contribution in [3.63, 3.8) is 0 Å². The fraction of sp³-hybridized carbons (Fsp3) is 0.118. The Morgan fingerprint density at radius 2 is 1.46 bits per heavy atom. The average molecular weight is 379 g/mol. The minimum Gasteiger partial charge on any atom is -0.306 e. The van der Waals surface area contributed by atoms with Crippen LogP contribution in [0.15, 0.2) is 55.0 Å². The van der Waals surface area contributed by atoms with Crippen molar-refractivity contribution < 1.29 is 21.9 Å². The SMILES string of the molecule is O=S(O)Cc1ccc(-c2nccnc2-c2ccc(C(F)(F)F)nc2)cc1. The van der Waals surface area contributed by atoms with E-state index in [0.717, 1.165) is 12.3 Å². The molecule has 5 nitrogen and oxygen atoms in total. The van der Waals surface area contributed by atoms with E-state index < -0.39 is 23.0 Å². The Balaban J connectivity index is 1.97. The van der Waals surface area contributed by atoms with Gasteiger partial charge < -0.3 is 4.55 Å². The van der Waals surface area contributed by atoms with Crippen LogP contribution >= 0.6 is 0 Å². The number of benzene rings is 1. The molecule has 2 aromatic heterocycles. The molecule has 0 aliphatic heterocycles. The third-order valence-corrected chi connectivity index (χ3v) is 4.12. The second-order valence-corrected chi connectivity index (χ2v) is 6.28. The van der Waals surface area contributed by atoms with Crippen molar-refractivity contribution >= 4 is 11.1 Å². The van der Waals surface area contributed by atoms with E-state index >= 15 is 0 Å². The Hall–Kier alpha value is -2.65. The summed E-state index contributed by atoms with van der Waals surface area (Å²) in [6, 6.07) is 9.00. The van der Waals surface area contributed by atoms with Crippen molar-refractivity contribution in [2.24, 2.45) is 0 Å². The van der Waals surface area contributed by atoms with Crippen molar-refractivity contribution in [1.82, 2.24) is 15.0 Å². The number of halogens is 3. The number of rotatable bonds is 4. The van der Waals surface area contributed by atoms with Crippen LogP contribution in [-0.2, 0) is 23.0 Å². The molecule has 0 aliphatic carbocycles. The van der Waals surface area contributed by atoms with Crippen molar-refractivity contribution in [3.05, 3.63) is 66.2 Å². The predicted molar refractivity (Wildman–Crippen MR) is 90.2 cm³/mol. The van der Waals surface area contributed by atoms with Crippen LogP contribution in [0.5, 0.6) is 0 Å². The van der Waals surface area contributed by atoms with Gasteiger partial charge in [0.2, 0.25) is 0 Å². The third kappa shape index (κ3) is 4.12. The molecule has 0 radical (unpaired) electrons. The molecule has 9 heteroatoms. The van der Waals surface area contributed by atoms with E-state index in [2.05, 4.69) is 15.0 Å². The monoisotopic (exact) mass is 379 g/mol. The molecule has 1 aromatic carbocycles. The van der Waals surface area contributed by atoms with E-state index in [1.165, 1.54) is 18.5 Å². The van der Waals surface area contributed by atoms with E-state index in [0.29, 0.717) is 28.1 Å². The van der Waals surface area contributed by atoms with Gasteiger partial charge in [-0.1, -0.05) is 24.3 Å². The molecule has 2 heterocycles. The highest BCUT2D eigenvalue weighted by molar-refractivity contribution is 7.78. The molecule has 134 valence electrons. The van der Waals surface area contributed by atoms with Gasteiger partial charge in [-0.05, 0) is 17.7 Å². The van der Waals surface area contributed by atoms with Gasteiger partial charge in [0.15, 0.2) is 11.1 Å². The van der Waals surface area contributed by atoms with Crippen molar-refractivity contribution in [2.75, 3.05) is 0 Å². The highest BCUT2D eigenvalue weighted by Crippen LogP contribution is 2.31. The summed E-state index contributed by atoms with van der Waals surface area (Å²) in [5, 5.41) is 0. The lowest BCUT2D eigenvalue weighted by atomic mass is 10.0. The lowest BCUT2D eigenvalue weighted by Crippen LogP contribution is -2.07. The molecular formula is C17H12F3N3O2S. The Morgan fingerprint density at radius 1 is 0.885 bits per heavy atom.